The summed E-state index contributed by atoms with van der Waals surface area (Å²) in [6.07, 6.45) is 0.285. The Hall–Kier alpha value is -1.80. The lowest BCUT2D eigenvalue weighted by Crippen LogP contribution is -2.15. The number of anilines is 1. The van der Waals surface area contributed by atoms with Gasteiger partial charge in [-0.3, -0.25) is 4.79 Å². The largest absolute Gasteiger partial charge is 0.326 e. The number of carbonyl (C=O) groups is 1. The van der Waals surface area contributed by atoms with E-state index in [2.05, 4.69) is 5.32 Å². The third-order valence-electron chi connectivity index (χ3n) is 3.19. The molecule has 1 amide bonds. The van der Waals surface area contributed by atoms with Crippen LogP contribution in [0.15, 0.2) is 42.5 Å². The van der Waals surface area contributed by atoms with Crippen molar-refractivity contribution in [3.8, 4) is 0 Å². The fraction of sp³-hybridized carbons (Fsp3) is 0.188. The van der Waals surface area contributed by atoms with Crippen LogP contribution < -0.4 is 5.32 Å². The number of halogens is 1. The van der Waals surface area contributed by atoms with Gasteiger partial charge in [-0.05, 0) is 42.7 Å². The Morgan fingerprint density at radius 1 is 1.11 bits per heavy atom. The van der Waals surface area contributed by atoms with Crippen molar-refractivity contribution in [2.75, 3.05) is 5.32 Å². The van der Waals surface area contributed by atoms with E-state index in [-0.39, 0.29) is 12.3 Å². The summed E-state index contributed by atoms with van der Waals surface area (Å²) in [5.41, 5.74) is 3.95. The van der Waals surface area contributed by atoms with Gasteiger partial charge in [-0.1, -0.05) is 41.9 Å². The second-order valence-corrected chi connectivity index (χ2v) is 4.97. The van der Waals surface area contributed by atoms with Gasteiger partial charge in [0.05, 0.1) is 6.42 Å². The fourth-order valence-electron chi connectivity index (χ4n) is 1.90. The molecule has 0 spiro atoms. The van der Waals surface area contributed by atoms with Crippen molar-refractivity contribution in [2.24, 2.45) is 0 Å². The van der Waals surface area contributed by atoms with Crippen LogP contribution in [0.25, 0.3) is 0 Å². The van der Waals surface area contributed by atoms with Gasteiger partial charge in [0.25, 0.3) is 0 Å². The number of amides is 1. The summed E-state index contributed by atoms with van der Waals surface area (Å²) in [6, 6.07) is 13.3. The van der Waals surface area contributed by atoms with Crippen molar-refractivity contribution in [3.63, 3.8) is 0 Å². The van der Waals surface area contributed by atoms with Crippen molar-refractivity contribution in [1.82, 2.24) is 0 Å². The second kappa shape index (κ2) is 5.89. The molecule has 0 aliphatic heterocycles. The normalized spacial score (nSPS) is 10.3. The van der Waals surface area contributed by atoms with Crippen LogP contribution in [0.5, 0.6) is 0 Å². The molecule has 0 radical (unpaired) electrons. The van der Waals surface area contributed by atoms with E-state index in [0.717, 1.165) is 22.4 Å². The summed E-state index contributed by atoms with van der Waals surface area (Å²) < 4.78 is 0. The van der Waals surface area contributed by atoms with Crippen LogP contribution >= 0.6 is 11.6 Å². The van der Waals surface area contributed by atoms with Crippen molar-refractivity contribution in [3.05, 3.63) is 64.2 Å². The van der Waals surface area contributed by atoms with Crippen molar-refractivity contribution < 1.29 is 4.79 Å². The molecule has 0 unspecified atom stereocenters. The third-order valence-corrected chi connectivity index (χ3v) is 3.56. The first-order valence-electron chi connectivity index (χ1n) is 6.17. The van der Waals surface area contributed by atoms with Crippen LogP contribution in [0, 0.1) is 13.8 Å². The van der Waals surface area contributed by atoms with Gasteiger partial charge in [-0.15, -0.1) is 0 Å². The maximum Gasteiger partial charge on any atom is 0.228 e. The number of rotatable bonds is 3. The van der Waals surface area contributed by atoms with Gasteiger partial charge in [-0.2, -0.15) is 0 Å². The van der Waals surface area contributed by atoms with Gasteiger partial charge >= 0.3 is 0 Å². The summed E-state index contributed by atoms with van der Waals surface area (Å²) >= 11 is 6.05. The molecule has 2 aromatic carbocycles. The molecule has 2 rings (SSSR count). The van der Waals surface area contributed by atoms with Gasteiger partial charge in [0.1, 0.15) is 0 Å². The summed E-state index contributed by atoms with van der Waals surface area (Å²) in [4.78, 5) is 12.0. The third kappa shape index (κ3) is 3.36. The van der Waals surface area contributed by atoms with Crippen molar-refractivity contribution >= 4 is 23.2 Å². The van der Waals surface area contributed by atoms with Crippen LogP contribution in [-0.4, -0.2) is 5.91 Å². The minimum absolute atomic E-state index is 0.0539. The van der Waals surface area contributed by atoms with E-state index >= 15 is 0 Å². The molecule has 98 valence electrons. The Kier molecular flexibility index (Phi) is 4.23. The monoisotopic (exact) mass is 273 g/mol. The van der Waals surface area contributed by atoms with Gasteiger partial charge < -0.3 is 5.32 Å². The molecule has 0 heterocycles. The Morgan fingerprint density at radius 3 is 2.58 bits per heavy atom. The Labute approximate surface area is 118 Å². The minimum atomic E-state index is -0.0539. The van der Waals surface area contributed by atoms with Crippen LogP contribution in [0.2, 0.25) is 5.02 Å². The lowest BCUT2D eigenvalue weighted by molar-refractivity contribution is -0.115. The van der Waals surface area contributed by atoms with E-state index in [1.54, 1.807) is 6.07 Å². The molecular weight excluding hydrogens is 258 g/mol. The first-order valence-corrected chi connectivity index (χ1v) is 6.55. The summed E-state index contributed by atoms with van der Waals surface area (Å²) in [7, 11) is 0. The molecule has 0 bridgehead atoms. The molecule has 2 aromatic rings. The van der Waals surface area contributed by atoms with E-state index in [0.29, 0.717) is 5.02 Å². The molecule has 1 N–H and O–H groups in total. The number of hydrogen-bond acceptors (Lipinski definition) is 1. The molecule has 2 nitrogen and oxygen atoms in total. The standard InChI is InChI=1S/C16H16ClNO/c1-11-6-5-9-15(12(11)2)18-16(19)10-13-7-3-4-8-14(13)17/h3-9H,10H2,1-2H3,(H,18,19). The number of carbonyl (C=O) groups excluding carboxylic acids is 1. The lowest BCUT2D eigenvalue weighted by atomic mass is 10.1. The molecule has 0 aliphatic carbocycles. The number of aryl methyl sites for hydroxylation is 1. The average Bonchev–Trinajstić information content (AvgIpc) is 2.38. The maximum atomic E-state index is 12.0. The quantitative estimate of drug-likeness (QED) is 0.895. The zero-order chi connectivity index (χ0) is 13.8. The van der Waals surface area contributed by atoms with E-state index in [1.807, 2.05) is 50.2 Å². The minimum Gasteiger partial charge on any atom is -0.326 e. The summed E-state index contributed by atoms with van der Waals surface area (Å²) in [5, 5.41) is 3.55. The van der Waals surface area contributed by atoms with Crippen LogP contribution in [-0.2, 0) is 11.2 Å². The predicted octanol–water partition coefficient (Wildman–Crippen LogP) is 4.14. The smallest absolute Gasteiger partial charge is 0.228 e. The van der Waals surface area contributed by atoms with E-state index < -0.39 is 0 Å². The molecule has 0 atom stereocenters. The molecule has 0 saturated heterocycles. The van der Waals surface area contributed by atoms with E-state index in [4.69, 9.17) is 11.6 Å². The summed E-state index contributed by atoms with van der Waals surface area (Å²) in [5.74, 6) is -0.0539. The second-order valence-electron chi connectivity index (χ2n) is 4.56. The fourth-order valence-corrected chi connectivity index (χ4v) is 2.10. The van der Waals surface area contributed by atoms with Crippen molar-refractivity contribution in [2.45, 2.75) is 20.3 Å². The van der Waals surface area contributed by atoms with Crippen molar-refractivity contribution in [1.29, 1.82) is 0 Å². The Bertz CT molecular complexity index is 607. The predicted molar refractivity (Wildman–Crippen MR) is 79.7 cm³/mol. The molecule has 0 fully saturated rings. The van der Waals surface area contributed by atoms with E-state index in [1.165, 1.54) is 0 Å². The zero-order valence-electron chi connectivity index (χ0n) is 11.0. The highest BCUT2D eigenvalue weighted by molar-refractivity contribution is 6.31. The highest BCUT2D eigenvalue weighted by Crippen LogP contribution is 2.19. The molecule has 19 heavy (non-hydrogen) atoms. The van der Waals surface area contributed by atoms with Gasteiger partial charge in [0.2, 0.25) is 5.91 Å². The molecule has 3 heteroatoms. The van der Waals surface area contributed by atoms with Gasteiger partial charge in [-0.25, -0.2) is 0 Å². The van der Waals surface area contributed by atoms with Crippen LogP contribution in [0.4, 0.5) is 5.69 Å². The Morgan fingerprint density at radius 2 is 1.84 bits per heavy atom. The zero-order valence-corrected chi connectivity index (χ0v) is 11.8. The topological polar surface area (TPSA) is 29.1 Å². The first kappa shape index (κ1) is 13.6. The van der Waals surface area contributed by atoms with E-state index in [9.17, 15) is 4.79 Å². The number of hydrogen-bond donors (Lipinski definition) is 1. The first-order chi connectivity index (χ1) is 9.08. The lowest BCUT2D eigenvalue weighted by Gasteiger charge is -2.10. The highest BCUT2D eigenvalue weighted by Gasteiger charge is 2.08. The molecule has 0 saturated carbocycles. The van der Waals surface area contributed by atoms with Crippen LogP contribution in [0.3, 0.4) is 0 Å². The Balaban J connectivity index is 2.10. The van der Waals surface area contributed by atoms with Gasteiger partial charge in [0.15, 0.2) is 0 Å². The maximum absolute atomic E-state index is 12.0. The van der Waals surface area contributed by atoms with Crippen LogP contribution in [0.1, 0.15) is 16.7 Å². The van der Waals surface area contributed by atoms with Gasteiger partial charge in [0, 0.05) is 10.7 Å². The number of nitrogens with one attached hydrogen (secondary N) is 1. The molecular formula is C16H16ClNO. The summed E-state index contributed by atoms with van der Waals surface area (Å²) in [6.45, 7) is 4.03. The SMILES string of the molecule is Cc1cccc(NC(=O)Cc2ccccc2Cl)c1C. The highest BCUT2D eigenvalue weighted by atomic mass is 35.5. The number of benzene rings is 2. The average molecular weight is 274 g/mol. The molecule has 0 aromatic heterocycles. The molecule has 0 aliphatic rings.